The maximum atomic E-state index is 11.1. The number of sulfone groups is 1. The topological polar surface area (TPSA) is 83.5 Å². The van der Waals surface area contributed by atoms with E-state index in [0.717, 1.165) is 6.42 Å². The summed E-state index contributed by atoms with van der Waals surface area (Å²) in [6.45, 7) is 3.40. The molecule has 5 nitrogen and oxygen atoms in total. The Morgan fingerprint density at radius 1 is 1.40 bits per heavy atom. The Balaban J connectivity index is 3.85. The molecule has 0 rings (SSSR count). The Morgan fingerprint density at radius 2 is 2.00 bits per heavy atom. The van der Waals surface area contributed by atoms with Gasteiger partial charge in [0.25, 0.3) is 0 Å². The average molecular weight is 237 g/mol. The monoisotopic (exact) mass is 237 g/mol. The average Bonchev–Trinajstić information content (AvgIpc) is 2.15. The highest BCUT2D eigenvalue weighted by Gasteiger charge is 2.15. The van der Waals surface area contributed by atoms with E-state index < -0.39 is 15.9 Å². The fourth-order valence-electron chi connectivity index (χ4n) is 1.02. The van der Waals surface area contributed by atoms with Gasteiger partial charge in [0.2, 0.25) is 5.91 Å². The maximum Gasteiger partial charge on any atom is 0.220 e. The van der Waals surface area contributed by atoms with E-state index in [1.165, 1.54) is 6.92 Å². The van der Waals surface area contributed by atoms with Crippen LogP contribution in [0.1, 0.15) is 26.7 Å². The lowest BCUT2D eigenvalue weighted by atomic mass is 10.3. The molecular formula is C9H19NO4S. The number of carbonyl (C=O) groups excluding carboxylic acids is 1. The van der Waals surface area contributed by atoms with Gasteiger partial charge >= 0.3 is 0 Å². The third-order valence-electron chi connectivity index (χ3n) is 1.90. The third-order valence-corrected chi connectivity index (χ3v) is 3.67. The number of aliphatic hydroxyl groups excluding tert-OH is 1. The standard InChI is InChI=1S/C9H19NO4S/c1-3-5-9(12)10-6-8(11)7-15(13,14)4-2/h8,11H,3-7H2,1-2H3,(H,10,12). The lowest BCUT2D eigenvalue weighted by Gasteiger charge is -2.11. The molecule has 0 spiro atoms. The summed E-state index contributed by atoms with van der Waals surface area (Å²) < 4.78 is 22.2. The minimum Gasteiger partial charge on any atom is -0.390 e. The fraction of sp³-hybridized carbons (Fsp3) is 0.889. The number of carbonyl (C=O) groups is 1. The summed E-state index contributed by atoms with van der Waals surface area (Å²) in [5.41, 5.74) is 0. The van der Waals surface area contributed by atoms with Gasteiger partial charge in [0, 0.05) is 18.7 Å². The van der Waals surface area contributed by atoms with E-state index in [-0.39, 0.29) is 24.0 Å². The Bertz CT molecular complexity index is 286. The van der Waals surface area contributed by atoms with Crippen LogP contribution in [0.3, 0.4) is 0 Å². The predicted octanol–water partition coefficient (Wildman–Crippen LogP) is -0.302. The van der Waals surface area contributed by atoms with Gasteiger partial charge in [0.15, 0.2) is 9.84 Å². The smallest absolute Gasteiger partial charge is 0.220 e. The van der Waals surface area contributed by atoms with Crippen molar-refractivity contribution >= 4 is 15.7 Å². The van der Waals surface area contributed by atoms with Gasteiger partial charge in [-0.2, -0.15) is 0 Å². The summed E-state index contributed by atoms with van der Waals surface area (Å²) >= 11 is 0. The van der Waals surface area contributed by atoms with Crippen molar-refractivity contribution in [3.63, 3.8) is 0 Å². The van der Waals surface area contributed by atoms with Gasteiger partial charge < -0.3 is 10.4 Å². The molecule has 2 N–H and O–H groups in total. The number of hydrogen-bond donors (Lipinski definition) is 2. The molecule has 0 radical (unpaired) electrons. The largest absolute Gasteiger partial charge is 0.390 e. The van der Waals surface area contributed by atoms with Gasteiger partial charge in [-0.25, -0.2) is 8.42 Å². The van der Waals surface area contributed by atoms with E-state index in [4.69, 9.17) is 0 Å². The van der Waals surface area contributed by atoms with Crippen LogP contribution in [0.25, 0.3) is 0 Å². The van der Waals surface area contributed by atoms with Crippen molar-refractivity contribution in [2.45, 2.75) is 32.8 Å². The van der Waals surface area contributed by atoms with Gasteiger partial charge in [-0.3, -0.25) is 4.79 Å². The summed E-state index contributed by atoms with van der Waals surface area (Å²) in [4.78, 5) is 11.0. The van der Waals surface area contributed by atoms with Crippen molar-refractivity contribution in [2.75, 3.05) is 18.1 Å². The van der Waals surface area contributed by atoms with Crippen LogP contribution in [0.4, 0.5) is 0 Å². The number of rotatable bonds is 7. The zero-order valence-electron chi connectivity index (χ0n) is 9.19. The van der Waals surface area contributed by atoms with Crippen molar-refractivity contribution in [3.05, 3.63) is 0 Å². The molecule has 0 fully saturated rings. The van der Waals surface area contributed by atoms with Crippen molar-refractivity contribution in [1.29, 1.82) is 0 Å². The first-order chi connectivity index (χ1) is 6.91. The zero-order chi connectivity index (χ0) is 11.9. The summed E-state index contributed by atoms with van der Waals surface area (Å²) in [6.07, 6.45) is 0.110. The van der Waals surface area contributed by atoms with Crippen LogP contribution in [-0.2, 0) is 14.6 Å². The summed E-state index contributed by atoms with van der Waals surface area (Å²) in [7, 11) is -3.18. The molecule has 0 bridgehead atoms. The molecule has 0 aliphatic heterocycles. The fourth-order valence-corrected chi connectivity index (χ4v) is 1.96. The minimum atomic E-state index is -3.18. The number of nitrogens with one attached hydrogen (secondary N) is 1. The van der Waals surface area contributed by atoms with E-state index in [1.54, 1.807) is 0 Å². The molecule has 1 atom stereocenters. The molecule has 0 aromatic heterocycles. The Kier molecular flexibility index (Phi) is 6.51. The highest BCUT2D eigenvalue weighted by atomic mass is 32.2. The first-order valence-electron chi connectivity index (χ1n) is 5.06. The van der Waals surface area contributed by atoms with Crippen molar-refractivity contribution in [1.82, 2.24) is 5.32 Å². The summed E-state index contributed by atoms with van der Waals surface area (Å²) in [5.74, 6) is -0.450. The molecule has 1 amide bonds. The van der Waals surface area contributed by atoms with Gasteiger partial charge in [-0.15, -0.1) is 0 Å². The lowest BCUT2D eigenvalue weighted by molar-refractivity contribution is -0.121. The molecular weight excluding hydrogens is 218 g/mol. The molecule has 90 valence electrons. The number of amides is 1. The van der Waals surface area contributed by atoms with Crippen LogP contribution in [0.2, 0.25) is 0 Å². The predicted molar refractivity (Wildman–Crippen MR) is 58.3 cm³/mol. The van der Waals surface area contributed by atoms with Crippen LogP contribution in [-0.4, -0.2) is 43.6 Å². The van der Waals surface area contributed by atoms with E-state index in [2.05, 4.69) is 5.32 Å². The van der Waals surface area contributed by atoms with E-state index in [1.807, 2.05) is 6.92 Å². The second kappa shape index (κ2) is 6.79. The number of aliphatic hydroxyl groups is 1. The van der Waals surface area contributed by atoms with E-state index >= 15 is 0 Å². The molecule has 0 heterocycles. The Morgan fingerprint density at radius 3 is 2.47 bits per heavy atom. The van der Waals surface area contributed by atoms with Crippen molar-refractivity contribution < 1.29 is 18.3 Å². The molecule has 0 aliphatic rings. The lowest BCUT2D eigenvalue weighted by Crippen LogP contribution is -2.36. The second-order valence-electron chi connectivity index (χ2n) is 3.41. The molecule has 0 aliphatic carbocycles. The second-order valence-corrected chi connectivity index (χ2v) is 5.80. The quantitative estimate of drug-likeness (QED) is 0.636. The summed E-state index contributed by atoms with van der Waals surface area (Å²) in [5, 5.41) is 11.8. The maximum absolute atomic E-state index is 11.1. The summed E-state index contributed by atoms with van der Waals surface area (Å²) in [6, 6.07) is 0. The first kappa shape index (κ1) is 14.4. The highest BCUT2D eigenvalue weighted by molar-refractivity contribution is 7.91. The number of hydrogen-bond acceptors (Lipinski definition) is 4. The SMILES string of the molecule is CCCC(=O)NCC(O)CS(=O)(=O)CC. The third kappa shape index (κ3) is 7.33. The molecule has 0 aromatic rings. The molecule has 6 heteroatoms. The van der Waals surface area contributed by atoms with Gasteiger partial charge in [-0.1, -0.05) is 13.8 Å². The normalized spacial score (nSPS) is 13.5. The molecule has 1 unspecified atom stereocenters. The Labute approximate surface area is 90.8 Å². The van der Waals surface area contributed by atoms with Gasteiger partial charge in [0.1, 0.15) is 0 Å². The minimum absolute atomic E-state index is 0.00192. The Hall–Kier alpha value is -0.620. The zero-order valence-corrected chi connectivity index (χ0v) is 10.0. The highest BCUT2D eigenvalue weighted by Crippen LogP contribution is 1.94. The van der Waals surface area contributed by atoms with Gasteiger partial charge in [0.05, 0.1) is 11.9 Å². The van der Waals surface area contributed by atoms with E-state index in [0.29, 0.717) is 6.42 Å². The molecule has 0 aromatic carbocycles. The molecule has 0 saturated carbocycles. The van der Waals surface area contributed by atoms with Gasteiger partial charge in [-0.05, 0) is 6.42 Å². The van der Waals surface area contributed by atoms with Crippen molar-refractivity contribution in [2.24, 2.45) is 0 Å². The van der Waals surface area contributed by atoms with Crippen LogP contribution in [0.5, 0.6) is 0 Å². The van der Waals surface area contributed by atoms with Crippen molar-refractivity contribution in [3.8, 4) is 0 Å². The van der Waals surface area contributed by atoms with Crippen LogP contribution < -0.4 is 5.32 Å². The first-order valence-corrected chi connectivity index (χ1v) is 6.88. The molecule has 0 saturated heterocycles. The molecule has 15 heavy (non-hydrogen) atoms. The van der Waals surface area contributed by atoms with E-state index in [9.17, 15) is 18.3 Å². The van der Waals surface area contributed by atoms with Crippen LogP contribution in [0, 0.1) is 0 Å². The van der Waals surface area contributed by atoms with Crippen LogP contribution >= 0.6 is 0 Å². The van der Waals surface area contributed by atoms with Crippen LogP contribution in [0.15, 0.2) is 0 Å².